The number of carbonyl (C=O) groups is 3. The molecule has 1 saturated heterocycles. The molecule has 0 spiro atoms. The quantitative estimate of drug-likeness (QED) is 0.251. The van der Waals surface area contributed by atoms with Crippen LogP contribution in [0.25, 0.3) is 0 Å². The van der Waals surface area contributed by atoms with E-state index in [1.165, 1.54) is 25.2 Å². The Kier molecular flexibility index (Phi) is 6.21. The lowest BCUT2D eigenvalue weighted by Gasteiger charge is -2.15. The van der Waals surface area contributed by atoms with Gasteiger partial charge in [0.15, 0.2) is 0 Å². The van der Waals surface area contributed by atoms with Gasteiger partial charge in [0.2, 0.25) is 5.84 Å². The first-order valence-corrected chi connectivity index (χ1v) is 9.13. The topological polar surface area (TPSA) is 79.3 Å². The Hall–Kier alpha value is -2.07. The van der Waals surface area contributed by atoms with E-state index < -0.39 is 23.7 Å². The van der Waals surface area contributed by atoms with Crippen LogP contribution in [0.1, 0.15) is 6.92 Å². The van der Waals surface area contributed by atoms with Crippen LogP contribution >= 0.6 is 21.8 Å². The van der Waals surface area contributed by atoms with Crippen molar-refractivity contribution >= 4 is 51.2 Å². The van der Waals surface area contributed by atoms with Gasteiger partial charge in [0.1, 0.15) is 11.6 Å². The number of hydrogen-bond acceptors (Lipinski definition) is 7. The molecule has 0 aliphatic carbocycles. The predicted molar refractivity (Wildman–Crippen MR) is 91.2 cm³/mol. The zero-order valence-electron chi connectivity index (χ0n) is 12.9. The van der Waals surface area contributed by atoms with Crippen molar-refractivity contribution in [1.29, 1.82) is 0 Å². The van der Waals surface area contributed by atoms with Gasteiger partial charge in [-0.1, -0.05) is 22.9 Å². The number of benzene rings is 1. The van der Waals surface area contributed by atoms with Crippen molar-refractivity contribution in [3.8, 4) is 0 Å². The van der Waals surface area contributed by atoms with E-state index in [-0.39, 0.29) is 23.9 Å². The maximum atomic E-state index is 14.0. The zero-order chi connectivity index (χ0) is 17.7. The molecule has 1 heterocycles. The first kappa shape index (κ1) is 18.3. The lowest BCUT2D eigenvalue weighted by Crippen LogP contribution is -2.32. The summed E-state index contributed by atoms with van der Waals surface area (Å²) in [6, 6.07) is 4.90. The van der Waals surface area contributed by atoms with E-state index in [1.807, 2.05) is 0 Å². The van der Waals surface area contributed by atoms with Crippen LogP contribution < -0.4 is 4.90 Å². The van der Waals surface area contributed by atoms with Gasteiger partial charge in [-0.25, -0.2) is 14.1 Å². The number of urea groups is 1. The van der Waals surface area contributed by atoms with E-state index in [2.05, 4.69) is 4.40 Å². The number of carbonyl (C=O) groups excluding carboxylic acids is 3. The van der Waals surface area contributed by atoms with Crippen LogP contribution in [0.5, 0.6) is 0 Å². The Labute approximate surface area is 145 Å². The Morgan fingerprint density at radius 1 is 1.33 bits per heavy atom. The zero-order valence-corrected chi connectivity index (χ0v) is 14.5. The van der Waals surface area contributed by atoms with Gasteiger partial charge in [-0.3, -0.25) is 14.5 Å². The summed E-state index contributed by atoms with van der Waals surface area (Å²) in [7, 11) is 3.19. The number of esters is 1. The fraction of sp³-hybridized carbons (Fsp3) is 0.286. The first-order valence-electron chi connectivity index (χ1n) is 6.86. The number of ether oxygens (including phenoxy) is 1. The fourth-order valence-corrected chi connectivity index (χ4v) is 3.17. The number of imide groups is 1. The minimum atomic E-state index is -0.695. The van der Waals surface area contributed by atoms with Crippen LogP contribution in [0.15, 0.2) is 28.7 Å². The molecule has 1 aromatic carbocycles. The van der Waals surface area contributed by atoms with Crippen LogP contribution in [0.4, 0.5) is 14.9 Å². The van der Waals surface area contributed by atoms with Crippen molar-refractivity contribution in [1.82, 2.24) is 4.90 Å². The summed E-state index contributed by atoms with van der Waals surface area (Å²) < 4.78 is 22.7. The van der Waals surface area contributed by atoms with E-state index in [0.29, 0.717) is 0 Å². The molecule has 3 amide bonds. The van der Waals surface area contributed by atoms with Gasteiger partial charge in [-0.15, -0.1) is 0 Å². The number of amidine groups is 1. The van der Waals surface area contributed by atoms with E-state index in [0.717, 1.165) is 31.6 Å². The highest BCUT2D eigenvalue weighted by atomic mass is 33.1. The third kappa shape index (κ3) is 3.88. The summed E-state index contributed by atoms with van der Waals surface area (Å²) in [5.74, 6) is -1.88. The molecule has 0 saturated carbocycles. The molecular weight excluding hydrogens is 357 g/mol. The molecule has 1 aromatic rings. The minimum Gasteiger partial charge on any atom is -0.465 e. The van der Waals surface area contributed by atoms with Gasteiger partial charge in [0.05, 0.1) is 12.3 Å². The molecule has 0 N–H and O–H groups in total. The fourth-order valence-electron chi connectivity index (χ4n) is 1.84. The number of halogens is 1. The molecule has 2 rings (SSSR count). The van der Waals surface area contributed by atoms with Crippen molar-refractivity contribution in [2.45, 2.75) is 6.92 Å². The highest BCUT2D eigenvalue weighted by molar-refractivity contribution is 8.76. The van der Waals surface area contributed by atoms with Crippen LogP contribution in [-0.4, -0.2) is 48.1 Å². The number of nitrogens with zero attached hydrogens (tertiary/aromatic N) is 3. The van der Waals surface area contributed by atoms with Gasteiger partial charge in [0.25, 0.3) is 5.91 Å². The third-order valence-corrected chi connectivity index (χ3v) is 4.54. The summed E-state index contributed by atoms with van der Waals surface area (Å²) >= 11 is 0. The lowest BCUT2D eigenvalue weighted by atomic mass is 10.3. The third-order valence-electron chi connectivity index (χ3n) is 2.94. The molecule has 128 valence electrons. The van der Waals surface area contributed by atoms with Crippen LogP contribution in [0.3, 0.4) is 0 Å². The first-order chi connectivity index (χ1) is 11.5. The average molecular weight is 371 g/mol. The molecule has 0 unspecified atom stereocenters. The number of likely N-dealkylation sites (N-methyl/N-ethyl adjacent to an activating group) is 1. The molecule has 1 aliphatic heterocycles. The molecule has 7 nitrogen and oxygen atoms in total. The predicted octanol–water partition coefficient (Wildman–Crippen LogP) is 2.48. The molecule has 1 fully saturated rings. The van der Waals surface area contributed by atoms with Crippen molar-refractivity contribution < 1.29 is 23.5 Å². The molecule has 0 aromatic heterocycles. The average Bonchev–Trinajstić information content (AvgIpc) is 2.77. The molecule has 0 bridgehead atoms. The van der Waals surface area contributed by atoms with Crippen molar-refractivity contribution in [3.63, 3.8) is 0 Å². The smallest absolute Gasteiger partial charge is 0.337 e. The van der Waals surface area contributed by atoms with E-state index in [9.17, 15) is 18.8 Å². The number of rotatable bonds is 6. The van der Waals surface area contributed by atoms with Gasteiger partial charge in [-0.05, 0) is 19.1 Å². The monoisotopic (exact) mass is 371 g/mol. The second-order valence-corrected chi connectivity index (χ2v) is 6.50. The number of para-hydroxylation sites is 1. The normalized spacial score (nSPS) is 16.2. The Balaban J connectivity index is 2.17. The summed E-state index contributed by atoms with van der Waals surface area (Å²) in [5, 5.41) is 0. The lowest BCUT2D eigenvalue weighted by molar-refractivity contribution is -0.139. The van der Waals surface area contributed by atoms with Gasteiger partial charge in [0, 0.05) is 18.0 Å². The van der Waals surface area contributed by atoms with Crippen LogP contribution in [0, 0.1) is 5.82 Å². The molecule has 1 aliphatic rings. The van der Waals surface area contributed by atoms with Crippen LogP contribution in [-0.2, 0) is 14.3 Å². The van der Waals surface area contributed by atoms with E-state index >= 15 is 0 Å². The maximum Gasteiger partial charge on any atom is 0.337 e. The van der Waals surface area contributed by atoms with Crippen LogP contribution in [0.2, 0.25) is 0 Å². The number of amides is 3. The minimum absolute atomic E-state index is 0.0347. The highest BCUT2D eigenvalue weighted by Crippen LogP contribution is 2.29. The maximum absolute atomic E-state index is 14.0. The molecule has 0 atom stereocenters. The van der Waals surface area contributed by atoms with Gasteiger partial charge < -0.3 is 4.74 Å². The molecular formula is C14H14FN3O4S2. The molecule has 10 heteroatoms. The molecule has 24 heavy (non-hydrogen) atoms. The summed E-state index contributed by atoms with van der Waals surface area (Å²) in [6.07, 6.45) is 0. The van der Waals surface area contributed by atoms with E-state index in [4.69, 9.17) is 4.74 Å². The Bertz CT molecular complexity index is 698. The largest absolute Gasteiger partial charge is 0.465 e. The van der Waals surface area contributed by atoms with Gasteiger partial charge >= 0.3 is 12.0 Å². The number of hydrogen-bond donors (Lipinski definition) is 0. The van der Waals surface area contributed by atoms with Crippen molar-refractivity contribution in [2.24, 2.45) is 4.40 Å². The summed E-state index contributed by atoms with van der Waals surface area (Å²) in [4.78, 5) is 37.3. The van der Waals surface area contributed by atoms with Crippen molar-refractivity contribution in [2.75, 3.05) is 24.3 Å². The van der Waals surface area contributed by atoms with Gasteiger partial charge in [-0.2, -0.15) is 4.40 Å². The summed E-state index contributed by atoms with van der Waals surface area (Å²) in [5.41, 5.74) is -0.0602. The Morgan fingerprint density at radius 3 is 2.71 bits per heavy atom. The summed E-state index contributed by atoms with van der Waals surface area (Å²) in [6.45, 7) is 1.97. The second-order valence-electron chi connectivity index (χ2n) is 4.49. The molecule has 0 radical (unpaired) electrons. The standard InChI is InChI=1S/C14H14FN3O4S2/c1-3-22-11(19)8-23-24-16-12-13(20)17(2)14(21)18(12)10-7-5-4-6-9(10)15/h4-7H,3,8H2,1-2H3. The highest BCUT2D eigenvalue weighted by Gasteiger charge is 2.42. The SMILES string of the molecule is CCOC(=O)CSSN=C1C(=O)N(C)C(=O)N1c1ccccc1F. The van der Waals surface area contributed by atoms with E-state index in [1.54, 1.807) is 13.0 Å². The number of anilines is 1. The second kappa shape index (κ2) is 8.15. The Morgan fingerprint density at radius 2 is 2.04 bits per heavy atom. The van der Waals surface area contributed by atoms with Crippen molar-refractivity contribution in [3.05, 3.63) is 30.1 Å².